The summed E-state index contributed by atoms with van der Waals surface area (Å²) in [5.74, 6) is 0.279. The van der Waals surface area contributed by atoms with Gasteiger partial charge in [-0.25, -0.2) is 4.98 Å². The van der Waals surface area contributed by atoms with Gasteiger partial charge in [0.15, 0.2) is 0 Å². The Morgan fingerprint density at radius 2 is 2.15 bits per heavy atom. The highest BCUT2D eigenvalue weighted by Gasteiger charge is 2.33. The first-order valence-electron chi connectivity index (χ1n) is 7.31. The van der Waals surface area contributed by atoms with E-state index in [2.05, 4.69) is 29.8 Å². The summed E-state index contributed by atoms with van der Waals surface area (Å²) in [7, 11) is 0. The van der Waals surface area contributed by atoms with Gasteiger partial charge in [0.05, 0.1) is 15.2 Å². The smallest absolute Gasteiger partial charge is 0.223 e. The SMILES string of the molecule is CC(C)N(C(=O)CCc1nc2ccccc2s1)C1CC1. The normalized spacial score (nSPS) is 14.9. The predicted molar refractivity (Wildman–Crippen MR) is 82.9 cm³/mol. The van der Waals surface area contributed by atoms with E-state index in [1.807, 2.05) is 18.2 Å². The van der Waals surface area contributed by atoms with E-state index in [1.54, 1.807) is 11.3 Å². The Bertz CT molecular complexity index is 581. The molecular weight excluding hydrogens is 268 g/mol. The monoisotopic (exact) mass is 288 g/mol. The molecule has 1 heterocycles. The van der Waals surface area contributed by atoms with Crippen LogP contribution in [0.3, 0.4) is 0 Å². The molecule has 1 amide bonds. The van der Waals surface area contributed by atoms with E-state index in [9.17, 15) is 4.79 Å². The van der Waals surface area contributed by atoms with E-state index >= 15 is 0 Å². The number of fused-ring (bicyclic) bond motifs is 1. The third kappa shape index (κ3) is 2.85. The predicted octanol–water partition coefficient (Wildman–Crippen LogP) is 3.63. The molecule has 0 saturated heterocycles. The molecule has 1 aliphatic carbocycles. The highest BCUT2D eigenvalue weighted by atomic mass is 32.1. The number of hydrogen-bond acceptors (Lipinski definition) is 3. The van der Waals surface area contributed by atoms with Crippen LogP contribution in [0.1, 0.15) is 38.1 Å². The van der Waals surface area contributed by atoms with Crippen LogP contribution >= 0.6 is 11.3 Å². The van der Waals surface area contributed by atoms with Gasteiger partial charge in [0.25, 0.3) is 0 Å². The lowest BCUT2D eigenvalue weighted by molar-refractivity contribution is -0.133. The lowest BCUT2D eigenvalue weighted by atomic mass is 10.2. The fourth-order valence-electron chi connectivity index (χ4n) is 2.64. The van der Waals surface area contributed by atoms with Gasteiger partial charge in [-0.3, -0.25) is 4.79 Å². The largest absolute Gasteiger partial charge is 0.337 e. The zero-order chi connectivity index (χ0) is 14.1. The summed E-state index contributed by atoms with van der Waals surface area (Å²) in [6.45, 7) is 4.21. The molecule has 4 heteroatoms. The van der Waals surface area contributed by atoms with Gasteiger partial charge in [-0.1, -0.05) is 12.1 Å². The molecule has 1 saturated carbocycles. The summed E-state index contributed by atoms with van der Waals surface area (Å²) in [4.78, 5) is 19.0. The summed E-state index contributed by atoms with van der Waals surface area (Å²) in [5, 5.41) is 1.07. The molecule has 0 aliphatic heterocycles. The van der Waals surface area contributed by atoms with Crippen molar-refractivity contribution in [1.29, 1.82) is 0 Å². The van der Waals surface area contributed by atoms with Gasteiger partial charge in [0, 0.05) is 24.9 Å². The molecule has 1 aliphatic rings. The van der Waals surface area contributed by atoms with Crippen LogP contribution in [0.15, 0.2) is 24.3 Å². The van der Waals surface area contributed by atoms with Gasteiger partial charge >= 0.3 is 0 Å². The van der Waals surface area contributed by atoms with Crippen molar-refractivity contribution >= 4 is 27.5 Å². The number of thiazole rings is 1. The Labute approximate surface area is 123 Å². The highest BCUT2D eigenvalue weighted by molar-refractivity contribution is 7.18. The molecule has 1 aromatic heterocycles. The molecule has 0 unspecified atom stereocenters. The van der Waals surface area contributed by atoms with Crippen molar-refractivity contribution in [2.24, 2.45) is 0 Å². The molecule has 0 atom stereocenters. The maximum atomic E-state index is 12.4. The van der Waals surface area contributed by atoms with Gasteiger partial charge in [-0.05, 0) is 38.8 Å². The van der Waals surface area contributed by atoms with Gasteiger partial charge in [0.1, 0.15) is 0 Å². The molecular formula is C16H20N2OS. The number of amides is 1. The standard InChI is InChI=1S/C16H20N2OS/c1-11(2)18(12-7-8-12)16(19)10-9-15-17-13-5-3-4-6-14(13)20-15/h3-6,11-12H,7-10H2,1-2H3. The van der Waals surface area contributed by atoms with Crippen LogP contribution in [0, 0.1) is 0 Å². The van der Waals surface area contributed by atoms with E-state index in [0.717, 1.165) is 16.9 Å². The van der Waals surface area contributed by atoms with Crippen LogP contribution in [-0.4, -0.2) is 27.9 Å². The van der Waals surface area contributed by atoms with Crippen LogP contribution in [0.2, 0.25) is 0 Å². The molecule has 0 spiro atoms. The molecule has 2 aromatic rings. The van der Waals surface area contributed by atoms with Crippen molar-refractivity contribution in [3.63, 3.8) is 0 Å². The summed E-state index contributed by atoms with van der Waals surface area (Å²) < 4.78 is 1.21. The number of para-hydroxylation sites is 1. The number of benzene rings is 1. The van der Waals surface area contributed by atoms with Crippen LogP contribution in [0.25, 0.3) is 10.2 Å². The molecule has 3 rings (SSSR count). The topological polar surface area (TPSA) is 33.2 Å². The van der Waals surface area contributed by atoms with E-state index < -0.39 is 0 Å². The number of hydrogen-bond donors (Lipinski definition) is 0. The third-order valence-electron chi connectivity index (χ3n) is 3.68. The second kappa shape index (κ2) is 5.52. The molecule has 1 aromatic carbocycles. The van der Waals surface area contributed by atoms with Gasteiger partial charge < -0.3 is 4.90 Å². The van der Waals surface area contributed by atoms with Crippen molar-refractivity contribution in [3.05, 3.63) is 29.3 Å². The molecule has 0 radical (unpaired) electrons. The fourth-order valence-corrected chi connectivity index (χ4v) is 3.60. The molecule has 0 N–H and O–H groups in total. The van der Waals surface area contributed by atoms with Gasteiger partial charge in [-0.2, -0.15) is 0 Å². The minimum atomic E-state index is 0.279. The summed E-state index contributed by atoms with van der Waals surface area (Å²) in [5.41, 5.74) is 1.04. The van der Waals surface area contributed by atoms with Gasteiger partial charge in [-0.15, -0.1) is 11.3 Å². The third-order valence-corrected chi connectivity index (χ3v) is 4.77. The number of nitrogens with zero attached hydrogens (tertiary/aromatic N) is 2. The summed E-state index contributed by atoms with van der Waals surface area (Å²) in [6, 6.07) is 8.96. The zero-order valence-electron chi connectivity index (χ0n) is 12.0. The Balaban J connectivity index is 1.64. The maximum absolute atomic E-state index is 12.4. The quantitative estimate of drug-likeness (QED) is 0.841. The van der Waals surface area contributed by atoms with E-state index in [1.165, 1.54) is 17.5 Å². The van der Waals surface area contributed by atoms with Crippen molar-refractivity contribution in [1.82, 2.24) is 9.88 Å². The van der Waals surface area contributed by atoms with Crippen LogP contribution in [0.5, 0.6) is 0 Å². The van der Waals surface area contributed by atoms with Crippen LogP contribution in [0.4, 0.5) is 0 Å². The molecule has 0 bridgehead atoms. The average molecular weight is 288 g/mol. The zero-order valence-corrected chi connectivity index (χ0v) is 12.8. The van der Waals surface area contributed by atoms with Gasteiger partial charge in [0.2, 0.25) is 5.91 Å². The second-order valence-electron chi connectivity index (χ2n) is 5.70. The number of carbonyl (C=O) groups is 1. The first-order valence-corrected chi connectivity index (χ1v) is 8.12. The van der Waals surface area contributed by atoms with Crippen LogP contribution < -0.4 is 0 Å². The Hall–Kier alpha value is -1.42. The minimum Gasteiger partial charge on any atom is -0.337 e. The summed E-state index contributed by atoms with van der Waals surface area (Å²) >= 11 is 1.70. The fraction of sp³-hybridized carbons (Fsp3) is 0.500. The first kappa shape index (κ1) is 13.6. The van der Waals surface area contributed by atoms with E-state index in [0.29, 0.717) is 18.5 Å². The van der Waals surface area contributed by atoms with Crippen molar-refractivity contribution in [2.75, 3.05) is 0 Å². The maximum Gasteiger partial charge on any atom is 0.223 e. The molecule has 106 valence electrons. The van der Waals surface area contributed by atoms with Crippen molar-refractivity contribution < 1.29 is 4.79 Å². The van der Waals surface area contributed by atoms with E-state index in [-0.39, 0.29) is 5.91 Å². The van der Waals surface area contributed by atoms with Crippen molar-refractivity contribution in [2.45, 2.75) is 51.6 Å². The number of rotatable bonds is 5. The number of aromatic nitrogens is 1. The Morgan fingerprint density at radius 3 is 2.80 bits per heavy atom. The van der Waals surface area contributed by atoms with Crippen LogP contribution in [-0.2, 0) is 11.2 Å². The minimum absolute atomic E-state index is 0.279. The number of carbonyl (C=O) groups excluding carboxylic acids is 1. The lowest BCUT2D eigenvalue weighted by Crippen LogP contribution is -2.38. The van der Waals surface area contributed by atoms with E-state index in [4.69, 9.17) is 0 Å². The number of aryl methyl sites for hydroxylation is 1. The first-order chi connectivity index (χ1) is 9.65. The Kier molecular flexibility index (Phi) is 3.74. The average Bonchev–Trinajstić information content (AvgIpc) is 3.14. The Morgan fingerprint density at radius 1 is 1.40 bits per heavy atom. The highest BCUT2D eigenvalue weighted by Crippen LogP contribution is 2.30. The summed E-state index contributed by atoms with van der Waals surface area (Å²) in [6.07, 6.45) is 3.68. The lowest BCUT2D eigenvalue weighted by Gasteiger charge is -2.26. The van der Waals surface area contributed by atoms with Crippen molar-refractivity contribution in [3.8, 4) is 0 Å². The second-order valence-corrected chi connectivity index (χ2v) is 6.82. The molecule has 3 nitrogen and oxygen atoms in total. The molecule has 1 fully saturated rings. The molecule has 20 heavy (non-hydrogen) atoms.